The van der Waals surface area contributed by atoms with Gasteiger partial charge in [-0.25, -0.2) is 17.8 Å². The van der Waals surface area contributed by atoms with Gasteiger partial charge in [-0.05, 0) is 24.3 Å². The van der Waals surface area contributed by atoms with Crippen LogP contribution >= 0.6 is 11.6 Å². The molecule has 10 heteroatoms. The third-order valence-corrected chi connectivity index (χ3v) is 6.63. The second kappa shape index (κ2) is 8.85. The van der Waals surface area contributed by atoms with Crippen LogP contribution in [0.25, 0.3) is 0 Å². The molecule has 1 amide bonds. The summed E-state index contributed by atoms with van der Waals surface area (Å²) in [7, 11) is -3.54. The Bertz CT molecular complexity index is 915. The Morgan fingerprint density at radius 1 is 1.14 bits per heavy atom. The van der Waals surface area contributed by atoms with Crippen LogP contribution in [-0.4, -0.2) is 62.1 Å². The van der Waals surface area contributed by atoms with E-state index in [4.69, 9.17) is 11.6 Å². The van der Waals surface area contributed by atoms with Gasteiger partial charge < -0.3 is 10.2 Å². The molecule has 150 valence electrons. The van der Waals surface area contributed by atoms with E-state index in [1.165, 1.54) is 16.4 Å². The van der Waals surface area contributed by atoms with Gasteiger partial charge in [-0.15, -0.1) is 0 Å². The highest BCUT2D eigenvalue weighted by atomic mass is 35.5. The minimum Gasteiger partial charge on any atom is -0.354 e. The Morgan fingerprint density at radius 2 is 1.89 bits per heavy atom. The average molecular weight is 427 g/mol. The molecule has 0 radical (unpaired) electrons. The number of hydrogen-bond acceptors (Lipinski definition) is 5. The number of aromatic nitrogens is 1. The highest BCUT2D eigenvalue weighted by Gasteiger charge is 2.27. The van der Waals surface area contributed by atoms with Crippen molar-refractivity contribution in [2.24, 2.45) is 0 Å². The van der Waals surface area contributed by atoms with Crippen LogP contribution in [0.3, 0.4) is 0 Å². The van der Waals surface area contributed by atoms with E-state index in [9.17, 15) is 17.6 Å². The van der Waals surface area contributed by atoms with Crippen molar-refractivity contribution >= 4 is 33.3 Å². The fourth-order valence-corrected chi connectivity index (χ4v) is 4.55. The van der Waals surface area contributed by atoms with Crippen LogP contribution in [-0.2, 0) is 10.0 Å². The van der Waals surface area contributed by atoms with Crippen LogP contribution in [0.15, 0.2) is 42.6 Å². The summed E-state index contributed by atoms with van der Waals surface area (Å²) in [5, 5.41) is 2.40. The smallest absolute Gasteiger partial charge is 0.255 e. The number of nitrogens with zero attached hydrogens (tertiary/aromatic N) is 3. The number of piperazine rings is 1. The van der Waals surface area contributed by atoms with Gasteiger partial charge in [0.25, 0.3) is 5.91 Å². The Balaban J connectivity index is 1.51. The molecule has 0 saturated carbocycles. The first-order chi connectivity index (χ1) is 13.4. The van der Waals surface area contributed by atoms with Crippen LogP contribution in [0.2, 0.25) is 5.02 Å². The molecule has 0 unspecified atom stereocenters. The van der Waals surface area contributed by atoms with E-state index < -0.39 is 21.7 Å². The molecule has 28 heavy (non-hydrogen) atoms. The van der Waals surface area contributed by atoms with Crippen molar-refractivity contribution in [1.29, 1.82) is 0 Å². The fourth-order valence-electron chi connectivity index (χ4n) is 2.96. The van der Waals surface area contributed by atoms with E-state index in [1.807, 2.05) is 23.1 Å². The number of amides is 1. The zero-order valence-electron chi connectivity index (χ0n) is 15.0. The Hall–Kier alpha value is -2.23. The first kappa shape index (κ1) is 20.5. The van der Waals surface area contributed by atoms with Gasteiger partial charge in [0.1, 0.15) is 11.6 Å². The molecule has 2 heterocycles. The summed E-state index contributed by atoms with van der Waals surface area (Å²) in [6.07, 6.45) is 1.70. The average Bonchev–Trinajstić information content (AvgIpc) is 2.68. The Kier molecular flexibility index (Phi) is 6.48. The molecule has 1 N–H and O–H groups in total. The van der Waals surface area contributed by atoms with Crippen LogP contribution < -0.4 is 10.2 Å². The summed E-state index contributed by atoms with van der Waals surface area (Å²) in [5.74, 6) is -0.945. The number of carbonyl (C=O) groups excluding carboxylic acids is 1. The van der Waals surface area contributed by atoms with Gasteiger partial charge in [-0.3, -0.25) is 4.79 Å². The van der Waals surface area contributed by atoms with Crippen molar-refractivity contribution in [2.45, 2.75) is 0 Å². The van der Waals surface area contributed by atoms with E-state index in [2.05, 4.69) is 10.3 Å². The third kappa shape index (κ3) is 4.78. The summed E-state index contributed by atoms with van der Waals surface area (Å²) in [6.45, 7) is 1.62. The fraction of sp³-hybridized carbons (Fsp3) is 0.333. The summed E-state index contributed by atoms with van der Waals surface area (Å²) in [6, 6.07) is 9.51. The standard InChI is InChI=1S/C18H20ClFN4O3S/c19-14-4-3-5-15(20)17(14)18(25)22-8-13-28(26,27)24-11-9-23(10-12-24)16-6-1-2-7-21-16/h1-7H,8-13H2,(H,22,25). The SMILES string of the molecule is O=C(NCCS(=O)(=O)N1CCN(c2ccccn2)CC1)c1c(F)cccc1Cl. The highest BCUT2D eigenvalue weighted by Crippen LogP contribution is 2.19. The Morgan fingerprint density at radius 3 is 2.54 bits per heavy atom. The van der Waals surface area contributed by atoms with E-state index >= 15 is 0 Å². The number of halogens is 2. The minimum atomic E-state index is -3.54. The van der Waals surface area contributed by atoms with Crippen LogP contribution in [0.1, 0.15) is 10.4 Å². The number of pyridine rings is 1. The highest BCUT2D eigenvalue weighted by molar-refractivity contribution is 7.89. The van der Waals surface area contributed by atoms with Crippen LogP contribution in [0.4, 0.5) is 10.2 Å². The van der Waals surface area contributed by atoms with E-state index in [0.717, 1.165) is 11.9 Å². The lowest BCUT2D eigenvalue weighted by Crippen LogP contribution is -2.50. The van der Waals surface area contributed by atoms with Gasteiger partial charge in [-0.2, -0.15) is 4.31 Å². The van der Waals surface area contributed by atoms with Crippen molar-refractivity contribution in [1.82, 2.24) is 14.6 Å². The quantitative estimate of drug-likeness (QED) is 0.761. The molecule has 1 aliphatic rings. The zero-order valence-corrected chi connectivity index (χ0v) is 16.6. The lowest BCUT2D eigenvalue weighted by atomic mass is 10.2. The topological polar surface area (TPSA) is 82.6 Å². The first-order valence-corrected chi connectivity index (χ1v) is 10.7. The van der Waals surface area contributed by atoms with Crippen molar-refractivity contribution in [3.63, 3.8) is 0 Å². The number of hydrogen-bond donors (Lipinski definition) is 1. The Labute approximate surface area is 168 Å². The van der Waals surface area contributed by atoms with Crippen molar-refractivity contribution in [3.8, 4) is 0 Å². The third-order valence-electron chi connectivity index (χ3n) is 4.44. The van der Waals surface area contributed by atoms with Crippen molar-refractivity contribution in [2.75, 3.05) is 43.4 Å². The molecule has 1 fully saturated rings. The van der Waals surface area contributed by atoms with E-state index in [0.29, 0.717) is 26.2 Å². The van der Waals surface area contributed by atoms with Gasteiger partial charge in [-0.1, -0.05) is 23.7 Å². The number of benzene rings is 1. The van der Waals surface area contributed by atoms with Gasteiger partial charge in [0.05, 0.1) is 16.3 Å². The first-order valence-electron chi connectivity index (χ1n) is 8.74. The molecule has 2 aromatic rings. The van der Waals surface area contributed by atoms with E-state index in [-0.39, 0.29) is 22.9 Å². The maximum Gasteiger partial charge on any atom is 0.255 e. The molecule has 0 bridgehead atoms. The molecule has 0 aliphatic carbocycles. The van der Waals surface area contributed by atoms with Gasteiger partial charge in [0, 0.05) is 38.9 Å². The normalized spacial score (nSPS) is 15.4. The monoisotopic (exact) mass is 426 g/mol. The maximum atomic E-state index is 13.7. The number of carbonyl (C=O) groups is 1. The number of nitrogens with one attached hydrogen (secondary N) is 1. The maximum absolute atomic E-state index is 13.7. The summed E-state index contributed by atoms with van der Waals surface area (Å²) in [5.41, 5.74) is -0.287. The molecule has 3 rings (SSSR count). The molecule has 1 aromatic heterocycles. The van der Waals surface area contributed by atoms with Gasteiger partial charge in [0.15, 0.2) is 0 Å². The molecule has 1 aliphatic heterocycles. The molecule has 0 spiro atoms. The van der Waals surface area contributed by atoms with Gasteiger partial charge in [0.2, 0.25) is 10.0 Å². The number of rotatable bonds is 6. The molecule has 7 nitrogen and oxygen atoms in total. The van der Waals surface area contributed by atoms with E-state index in [1.54, 1.807) is 6.20 Å². The summed E-state index contributed by atoms with van der Waals surface area (Å²) in [4.78, 5) is 18.4. The minimum absolute atomic E-state index is 0.0222. The molecular weight excluding hydrogens is 407 g/mol. The van der Waals surface area contributed by atoms with Gasteiger partial charge >= 0.3 is 0 Å². The molecule has 1 aromatic carbocycles. The number of sulfonamides is 1. The summed E-state index contributed by atoms with van der Waals surface area (Å²) >= 11 is 5.84. The second-order valence-corrected chi connectivity index (χ2v) is 8.74. The van der Waals surface area contributed by atoms with Crippen LogP contribution in [0.5, 0.6) is 0 Å². The van der Waals surface area contributed by atoms with Crippen molar-refractivity contribution in [3.05, 3.63) is 59.0 Å². The largest absolute Gasteiger partial charge is 0.354 e. The lowest BCUT2D eigenvalue weighted by molar-refractivity contribution is 0.0952. The zero-order chi connectivity index (χ0) is 20.1. The van der Waals surface area contributed by atoms with Crippen molar-refractivity contribution < 1.29 is 17.6 Å². The molecule has 0 atom stereocenters. The predicted octanol–water partition coefficient (Wildman–Crippen LogP) is 1.76. The lowest BCUT2D eigenvalue weighted by Gasteiger charge is -2.34. The predicted molar refractivity (Wildman–Crippen MR) is 106 cm³/mol. The molecule has 1 saturated heterocycles. The second-order valence-electron chi connectivity index (χ2n) is 6.24. The van der Waals surface area contributed by atoms with Crippen LogP contribution in [0, 0.1) is 5.82 Å². The number of anilines is 1. The molecular formula is C18H20ClFN4O3S. The summed E-state index contributed by atoms with van der Waals surface area (Å²) < 4.78 is 40.2.